The van der Waals surface area contributed by atoms with Gasteiger partial charge in [-0.05, 0) is 12.8 Å². The zero-order chi connectivity index (χ0) is 10.6. The number of hydrogen-bond acceptors (Lipinski definition) is 5. The lowest BCUT2D eigenvalue weighted by molar-refractivity contribution is -0.121. The van der Waals surface area contributed by atoms with Crippen LogP contribution in [0.15, 0.2) is 5.51 Å². The van der Waals surface area contributed by atoms with Crippen LogP contribution in [0.5, 0.6) is 0 Å². The number of aromatic nitrogens is 2. The van der Waals surface area contributed by atoms with Gasteiger partial charge >= 0.3 is 0 Å². The fourth-order valence-corrected chi connectivity index (χ4v) is 1.46. The van der Waals surface area contributed by atoms with Crippen molar-refractivity contribution in [2.75, 3.05) is 5.32 Å². The van der Waals surface area contributed by atoms with Crippen molar-refractivity contribution in [3.8, 4) is 0 Å². The Hall–Kier alpha value is -1.01. The molecule has 0 aliphatic carbocycles. The molecule has 0 aliphatic rings. The first-order valence-electron chi connectivity index (χ1n) is 4.49. The summed E-state index contributed by atoms with van der Waals surface area (Å²) in [6.45, 7) is 3.78. The number of amides is 1. The van der Waals surface area contributed by atoms with Crippen LogP contribution >= 0.6 is 11.3 Å². The van der Waals surface area contributed by atoms with Crippen molar-refractivity contribution >= 4 is 22.4 Å². The maximum atomic E-state index is 11.7. The molecule has 0 saturated carbocycles. The molecule has 0 bridgehead atoms. The maximum absolute atomic E-state index is 11.7. The summed E-state index contributed by atoms with van der Waals surface area (Å²) in [6.07, 6.45) is 1.21. The average Bonchev–Trinajstić information content (AvgIpc) is 2.69. The molecule has 0 spiro atoms. The first kappa shape index (κ1) is 11.1. The molecule has 0 radical (unpaired) electrons. The predicted octanol–water partition coefficient (Wildman–Crippen LogP) is 0.994. The van der Waals surface area contributed by atoms with Crippen LogP contribution in [-0.4, -0.2) is 21.6 Å². The van der Waals surface area contributed by atoms with Crippen molar-refractivity contribution in [2.24, 2.45) is 5.73 Å². The van der Waals surface area contributed by atoms with E-state index in [0.29, 0.717) is 18.0 Å². The van der Waals surface area contributed by atoms with Gasteiger partial charge in [0.25, 0.3) is 0 Å². The van der Waals surface area contributed by atoms with Gasteiger partial charge in [0.2, 0.25) is 11.0 Å². The third kappa shape index (κ3) is 2.27. The first-order valence-corrected chi connectivity index (χ1v) is 5.37. The third-order valence-corrected chi connectivity index (χ3v) is 2.90. The van der Waals surface area contributed by atoms with Gasteiger partial charge in [0.05, 0.1) is 5.54 Å². The SMILES string of the molecule is CCC(N)(CC)C(=O)Nc1nncs1. The number of anilines is 1. The van der Waals surface area contributed by atoms with Crippen molar-refractivity contribution in [1.82, 2.24) is 10.2 Å². The van der Waals surface area contributed by atoms with Gasteiger partial charge in [-0.2, -0.15) is 0 Å². The molecule has 14 heavy (non-hydrogen) atoms. The van der Waals surface area contributed by atoms with Crippen molar-refractivity contribution < 1.29 is 4.79 Å². The zero-order valence-corrected chi connectivity index (χ0v) is 9.10. The molecule has 5 nitrogen and oxygen atoms in total. The minimum atomic E-state index is -0.800. The van der Waals surface area contributed by atoms with Crippen molar-refractivity contribution in [3.05, 3.63) is 5.51 Å². The molecular weight excluding hydrogens is 200 g/mol. The van der Waals surface area contributed by atoms with Crippen LogP contribution in [-0.2, 0) is 4.79 Å². The number of carbonyl (C=O) groups is 1. The molecular formula is C8H14N4OS. The Morgan fingerprint density at radius 2 is 2.29 bits per heavy atom. The highest BCUT2D eigenvalue weighted by atomic mass is 32.1. The van der Waals surface area contributed by atoms with Crippen molar-refractivity contribution in [2.45, 2.75) is 32.2 Å². The number of nitrogens with two attached hydrogens (primary N) is 1. The van der Waals surface area contributed by atoms with Gasteiger partial charge < -0.3 is 5.73 Å². The Balaban J connectivity index is 2.66. The van der Waals surface area contributed by atoms with Gasteiger partial charge in [-0.15, -0.1) is 10.2 Å². The van der Waals surface area contributed by atoms with E-state index in [2.05, 4.69) is 15.5 Å². The van der Waals surface area contributed by atoms with Crippen LogP contribution in [0.1, 0.15) is 26.7 Å². The molecule has 0 saturated heterocycles. The second-order valence-electron chi connectivity index (χ2n) is 3.06. The van der Waals surface area contributed by atoms with Crippen LogP contribution in [0.4, 0.5) is 5.13 Å². The lowest BCUT2D eigenvalue weighted by atomic mass is 9.93. The van der Waals surface area contributed by atoms with E-state index in [-0.39, 0.29) is 5.91 Å². The molecule has 78 valence electrons. The maximum Gasteiger partial charge on any atom is 0.246 e. The second kappa shape index (κ2) is 4.47. The van der Waals surface area contributed by atoms with E-state index in [4.69, 9.17) is 5.73 Å². The second-order valence-corrected chi connectivity index (χ2v) is 3.89. The minimum Gasteiger partial charge on any atom is -0.317 e. The fourth-order valence-electron chi connectivity index (χ4n) is 1.02. The summed E-state index contributed by atoms with van der Waals surface area (Å²) < 4.78 is 0. The Labute approximate surface area is 86.7 Å². The highest BCUT2D eigenvalue weighted by Crippen LogP contribution is 2.16. The highest BCUT2D eigenvalue weighted by molar-refractivity contribution is 7.13. The van der Waals surface area contributed by atoms with Crippen molar-refractivity contribution in [3.63, 3.8) is 0 Å². The van der Waals surface area contributed by atoms with Gasteiger partial charge in [0.1, 0.15) is 5.51 Å². The van der Waals surface area contributed by atoms with Gasteiger partial charge in [0, 0.05) is 0 Å². The predicted molar refractivity (Wildman–Crippen MR) is 56.0 cm³/mol. The Morgan fingerprint density at radius 1 is 1.64 bits per heavy atom. The zero-order valence-electron chi connectivity index (χ0n) is 8.28. The largest absolute Gasteiger partial charge is 0.317 e. The number of hydrogen-bond donors (Lipinski definition) is 2. The molecule has 1 amide bonds. The first-order chi connectivity index (χ1) is 6.62. The van der Waals surface area contributed by atoms with E-state index in [1.54, 1.807) is 5.51 Å². The minimum absolute atomic E-state index is 0.195. The summed E-state index contributed by atoms with van der Waals surface area (Å²) in [7, 11) is 0. The van der Waals surface area contributed by atoms with Gasteiger partial charge in [-0.25, -0.2) is 0 Å². The topological polar surface area (TPSA) is 80.9 Å². The number of nitrogens with one attached hydrogen (secondary N) is 1. The molecule has 0 aromatic carbocycles. The van der Waals surface area contributed by atoms with E-state index >= 15 is 0 Å². The molecule has 0 fully saturated rings. The summed E-state index contributed by atoms with van der Waals surface area (Å²) in [4.78, 5) is 11.7. The monoisotopic (exact) mass is 214 g/mol. The summed E-state index contributed by atoms with van der Waals surface area (Å²) in [5.41, 5.74) is 6.66. The highest BCUT2D eigenvalue weighted by Gasteiger charge is 2.30. The summed E-state index contributed by atoms with van der Waals surface area (Å²) in [6, 6.07) is 0. The number of nitrogens with zero attached hydrogens (tertiary/aromatic N) is 2. The van der Waals surface area contributed by atoms with E-state index < -0.39 is 5.54 Å². The van der Waals surface area contributed by atoms with E-state index in [1.807, 2.05) is 13.8 Å². The van der Waals surface area contributed by atoms with Gasteiger partial charge in [-0.1, -0.05) is 25.2 Å². The van der Waals surface area contributed by atoms with E-state index in [9.17, 15) is 4.79 Å². The molecule has 1 aromatic heterocycles. The molecule has 0 atom stereocenters. The Kier molecular flexibility index (Phi) is 3.54. The average molecular weight is 214 g/mol. The molecule has 1 aromatic rings. The van der Waals surface area contributed by atoms with Crippen LogP contribution in [0.3, 0.4) is 0 Å². The molecule has 1 heterocycles. The number of rotatable bonds is 4. The van der Waals surface area contributed by atoms with Crippen LogP contribution < -0.4 is 11.1 Å². The molecule has 6 heteroatoms. The van der Waals surface area contributed by atoms with E-state index in [0.717, 1.165) is 0 Å². The third-order valence-electron chi connectivity index (χ3n) is 2.29. The standard InChI is InChI=1S/C8H14N4OS/c1-3-8(9,4-2)6(13)11-7-12-10-5-14-7/h5H,3-4,9H2,1-2H3,(H,11,12,13). The summed E-state index contributed by atoms with van der Waals surface area (Å²) in [5.74, 6) is -0.195. The van der Waals surface area contributed by atoms with Gasteiger partial charge in [0.15, 0.2) is 0 Å². The Morgan fingerprint density at radius 3 is 2.71 bits per heavy atom. The van der Waals surface area contributed by atoms with Crippen LogP contribution in [0.25, 0.3) is 0 Å². The van der Waals surface area contributed by atoms with E-state index in [1.165, 1.54) is 11.3 Å². The lowest BCUT2D eigenvalue weighted by Crippen LogP contribution is -2.50. The summed E-state index contributed by atoms with van der Waals surface area (Å²) in [5, 5.41) is 10.5. The van der Waals surface area contributed by atoms with Crippen LogP contribution in [0.2, 0.25) is 0 Å². The van der Waals surface area contributed by atoms with Crippen LogP contribution in [0, 0.1) is 0 Å². The lowest BCUT2D eigenvalue weighted by Gasteiger charge is -2.24. The quantitative estimate of drug-likeness (QED) is 0.783. The van der Waals surface area contributed by atoms with Gasteiger partial charge in [-0.3, -0.25) is 10.1 Å². The molecule has 1 rings (SSSR count). The van der Waals surface area contributed by atoms with Crippen molar-refractivity contribution in [1.29, 1.82) is 0 Å². The fraction of sp³-hybridized carbons (Fsp3) is 0.625. The normalized spacial score (nSPS) is 11.4. The molecule has 3 N–H and O–H groups in total. The molecule has 0 aliphatic heterocycles. The summed E-state index contributed by atoms with van der Waals surface area (Å²) >= 11 is 1.28. The molecule has 0 unspecified atom stereocenters. The smallest absolute Gasteiger partial charge is 0.246 e. The Bertz CT molecular complexity index is 294. The number of carbonyl (C=O) groups excluding carboxylic acids is 1.